The molecule has 1 fully saturated rings. The standard InChI is InChI=1S/C23H22FNO2S2/c24-21-11-13-22(14-12-21)29(26,27)17-18-15-25(28,16-18)23(19-7-3-1-4-8-19)20-9-5-2-6-10-20/h1-14,18,23H,15-17H2. The molecule has 0 aliphatic carbocycles. The average Bonchev–Trinajstić information content (AvgIpc) is 2.69. The third-order valence-electron chi connectivity index (χ3n) is 5.46. The largest absolute Gasteiger partial charge is 0.493 e. The molecule has 0 amide bonds. The van der Waals surface area contributed by atoms with E-state index in [2.05, 4.69) is 24.3 Å². The number of benzene rings is 3. The smallest absolute Gasteiger partial charge is 0.179 e. The summed E-state index contributed by atoms with van der Waals surface area (Å²) in [5.74, 6) is -0.425. The third kappa shape index (κ3) is 4.25. The molecular formula is C23H22FNO2S2. The first-order chi connectivity index (χ1) is 13.9. The molecule has 1 aliphatic heterocycles. The van der Waals surface area contributed by atoms with Crippen LogP contribution in [-0.2, 0) is 22.7 Å². The minimum Gasteiger partial charge on any atom is -0.493 e. The van der Waals surface area contributed by atoms with Gasteiger partial charge in [0.1, 0.15) is 11.9 Å². The van der Waals surface area contributed by atoms with Crippen molar-refractivity contribution in [2.45, 2.75) is 10.9 Å². The van der Waals surface area contributed by atoms with Gasteiger partial charge in [-0.05, 0) is 24.3 Å². The maximum Gasteiger partial charge on any atom is 0.179 e. The van der Waals surface area contributed by atoms with Crippen molar-refractivity contribution >= 4 is 22.7 Å². The summed E-state index contributed by atoms with van der Waals surface area (Å²) in [4.78, 5) is 0.163. The van der Waals surface area contributed by atoms with Gasteiger partial charge in [-0.15, -0.1) is 0 Å². The van der Waals surface area contributed by atoms with Crippen LogP contribution in [0.5, 0.6) is 0 Å². The number of sulfone groups is 1. The fourth-order valence-electron chi connectivity index (χ4n) is 4.19. The molecule has 6 heteroatoms. The highest BCUT2D eigenvalue weighted by Gasteiger charge is 2.44. The molecule has 29 heavy (non-hydrogen) atoms. The van der Waals surface area contributed by atoms with Crippen molar-refractivity contribution in [2.24, 2.45) is 5.92 Å². The fraction of sp³-hybridized carbons (Fsp3) is 0.217. The van der Waals surface area contributed by atoms with E-state index in [9.17, 15) is 12.8 Å². The number of rotatable bonds is 6. The predicted molar refractivity (Wildman–Crippen MR) is 114 cm³/mol. The maximum atomic E-state index is 13.1. The Morgan fingerprint density at radius 1 is 0.862 bits per heavy atom. The van der Waals surface area contributed by atoms with Crippen molar-refractivity contribution in [1.82, 2.24) is 0 Å². The summed E-state index contributed by atoms with van der Waals surface area (Å²) in [6.45, 7) is 1.20. The van der Waals surface area contributed by atoms with E-state index in [4.69, 9.17) is 12.8 Å². The van der Waals surface area contributed by atoms with E-state index in [1.54, 1.807) is 0 Å². The molecule has 4 rings (SSSR count). The lowest BCUT2D eigenvalue weighted by molar-refractivity contribution is -0.872. The zero-order chi connectivity index (χ0) is 20.5. The van der Waals surface area contributed by atoms with Crippen molar-refractivity contribution in [3.8, 4) is 0 Å². The van der Waals surface area contributed by atoms with Gasteiger partial charge >= 0.3 is 0 Å². The van der Waals surface area contributed by atoms with Crippen LogP contribution in [0.3, 0.4) is 0 Å². The van der Waals surface area contributed by atoms with E-state index in [0.29, 0.717) is 17.0 Å². The van der Waals surface area contributed by atoms with E-state index in [-0.39, 0.29) is 22.6 Å². The van der Waals surface area contributed by atoms with E-state index >= 15 is 0 Å². The summed E-state index contributed by atoms with van der Waals surface area (Å²) in [6, 6.07) is 25.3. The van der Waals surface area contributed by atoms with Gasteiger partial charge in [-0.25, -0.2) is 12.8 Å². The zero-order valence-electron chi connectivity index (χ0n) is 15.8. The Morgan fingerprint density at radius 2 is 1.34 bits per heavy atom. The van der Waals surface area contributed by atoms with E-state index < -0.39 is 15.7 Å². The fourth-order valence-corrected chi connectivity index (χ4v) is 6.43. The van der Waals surface area contributed by atoms with Crippen LogP contribution >= 0.6 is 0 Å². The number of halogens is 1. The molecule has 0 bridgehead atoms. The van der Waals surface area contributed by atoms with Crippen LogP contribution in [-0.4, -0.2) is 31.1 Å². The topological polar surface area (TPSA) is 34.1 Å². The first-order valence-corrected chi connectivity index (χ1v) is 11.6. The molecule has 0 N–H and O–H groups in total. The van der Waals surface area contributed by atoms with Crippen LogP contribution in [0.1, 0.15) is 17.2 Å². The van der Waals surface area contributed by atoms with Gasteiger partial charge in [-0.3, -0.25) is 0 Å². The van der Waals surface area contributed by atoms with Gasteiger partial charge in [0.15, 0.2) is 9.84 Å². The molecular weight excluding hydrogens is 405 g/mol. The van der Waals surface area contributed by atoms with Gasteiger partial charge in [0.2, 0.25) is 0 Å². The second kappa shape index (κ2) is 7.94. The van der Waals surface area contributed by atoms with Crippen molar-refractivity contribution in [3.05, 3.63) is 102 Å². The summed E-state index contributed by atoms with van der Waals surface area (Å²) in [7, 11) is -3.47. The molecule has 150 valence electrons. The van der Waals surface area contributed by atoms with Crippen molar-refractivity contribution in [3.63, 3.8) is 0 Å². The Labute approximate surface area is 176 Å². The minimum absolute atomic E-state index is 0.0162. The average molecular weight is 428 g/mol. The molecule has 0 radical (unpaired) electrons. The van der Waals surface area contributed by atoms with Crippen molar-refractivity contribution in [1.29, 1.82) is 0 Å². The Hall–Kier alpha value is -2.15. The molecule has 0 unspecified atom stereocenters. The van der Waals surface area contributed by atoms with Crippen LogP contribution in [0, 0.1) is 11.7 Å². The van der Waals surface area contributed by atoms with Crippen LogP contribution in [0.4, 0.5) is 4.39 Å². The second-order valence-corrected chi connectivity index (χ2v) is 10.4. The molecule has 1 aliphatic rings. The molecule has 1 heterocycles. The van der Waals surface area contributed by atoms with Gasteiger partial charge in [0.25, 0.3) is 0 Å². The Balaban J connectivity index is 1.54. The highest BCUT2D eigenvalue weighted by atomic mass is 32.2. The van der Waals surface area contributed by atoms with Crippen LogP contribution in [0.2, 0.25) is 0 Å². The van der Waals surface area contributed by atoms with Crippen LogP contribution < -0.4 is 0 Å². The van der Waals surface area contributed by atoms with Crippen molar-refractivity contribution < 1.29 is 16.7 Å². The summed E-state index contributed by atoms with van der Waals surface area (Å²) < 4.78 is 38.9. The zero-order valence-corrected chi connectivity index (χ0v) is 17.5. The van der Waals surface area contributed by atoms with Crippen LogP contribution in [0.15, 0.2) is 89.8 Å². The first kappa shape index (κ1) is 20.1. The van der Waals surface area contributed by atoms with Gasteiger partial charge in [-0.1, -0.05) is 60.7 Å². The highest BCUT2D eigenvalue weighted by Crippen LogP contribution is 2.41. The van der Waals surface area contributed by atoms with Crippen molar-refractivity contribution in [2.75, 3.05) is 18.8 Å². The number of quaternary nitrogens is 1. The lowest BCUT2D eigenvalue weighted by Gasteiger charge is -2.60. The molecule has 0 aromatic heterocycles. The lowest BCUT2D eigenvalue weighted by atomic mass is 9.91. The van der Waals surface area contributed by atoms with Gasteiger partial charge in [-0.2, -0.15) is 0 Å². The summed E-state index contributed by atoms with van der Waals surface area (Å²) in [5.41, 5.74) is 2.27. The van der Waals surface area contributed by atoms with Gasteiger partial charge < -0.3 is 16.7 Å². The normalized spacial score (nSPS) is 21.7. The van der Waals surface area contributed by atoms with E-state index in [0.717, 1.165) is 11.1 Å². The minimum atomic E-state index is -3.47. The summed E-state index contributed by atoms with van der Waals surface area (Å²) >= 11 is 6.01. The number of nitrogens with zero attached hydrogens (tertiary/aromatic N) is 1. The predicted octanol–water partition coefficient (Wildman–Crippen LogP) is 4.30. The number of hydrogen-bond donors (Lipinski definition) is 0. The SMILES string of the molecule is O=S(=O)(CC1C[N+]([S-])(C(c2ccccc2)c2ccccc2)C1)c1ccc(F)cc1. The van der Waals surface area contributed by atoms with E-state index in [1.807, 2.05) is 36.4 Å². The monoisotopic (exact) mass is 427 g/mol. The molecule has 3 aromatic carbocycles. The highest BCUT2D eigenvalue weighted by molar-refractivity contribution is 7.91. The quantitative estimate of drug-likeness (QED) is 0.334. The molecule has 3 aromatic rings. The van der Waals surface area contributed by atoms with Crippen LogP contribution in [0.25, 0.3) is 0 Å². The van der Waals surface area contributed by atoms with Gasteiger partial charge in [0, 0.05) is 11.1 Å². The lowest BCUT2D eigenvalue weighted by Crippen LogP contribution is -2.63. The molecule has 0 saturated carbocycles. The molecule has 0 spiro atoms. The number of likely N-dealkylation sites (tertiary alicyclic amines) is 1. The molecule has 3 nitrogen and oxygen atoms in total. The van der Waals surface area contributed by atoms with Gasteiger partial charge in [0.05, 0.1) is 29.7 Å². The molecule has 1 saturated heterocycles. The van der Waals surface area contributed by atoms with E-state index in [1.165, 1.54) is 24.3 Å². The Bertz CT molecular complexity index is 1030. The second-order valence-electron chi connectivity index (χ2n) is 7.64. The summed E-state index contributed by atoms with van der Waals surface area (Å²) in [6.07, 6.45) is 0. The first-order valence-electron chi connectivity index (χ1n) is 9.53. The Kier molecular flexibility index (Phi) is 5.51. The Morgan fingerprint density at radius 3 is 1.83 bits per heavy atom. The summed E-state index contributed by atoms with van der Waals surface area (Å²) in [5, 5.41) is 0. The maximum absolute atomic E-state index is 13.1. The third-order valence-corrected chi connectivity index (χ3v) is 7.87. The molecule has 0 atom stereocenters. The number of hydrogen-bond acceptors (Lipinski definition) is 3.